The number of piperazine rings is 1. The lowest BCUT2D eigenvalue weighted by Crippen LogP contribution is -2.49. The molecule has 0 bridgehead atoms. The fourth-order valence-corrected chi connectivity index (χ4v) is 3.37. The van der Waals surface area contributed by atoms with Gasteiger partial charge in [0, 0.05) is 52.2 Å². The molecule has 2 aliphatic rings. The van der Waals surface area contributed by atoms with Gasteiger partial charge >= 0.3 is 0 Å². The fourth-order valence-electron chi connectivity index (χ4n) is 3.37. The van der Waals surface area contributed by atoms with Crippen molar-refractivity contribution in [2.24, 2.45) is 0 Å². The average Bonchev–Trinajstić information content (AvgIpc) is 2.97. The second-order valence-electron chi connectivity index (χ2n) is 6.89. The van der Waals surface area contributed by atoms with Gasteiger partial charge in [-0.3, -0.25) is 19.9 Å². The number of nitrogens with zero attached hydrogens (tertiary/aromatic N) is 2. The van der Waals surface area contributed by atoms with Gasteiger partial charge in [0.25, 0.3) is 5.92 Å². The molecule has 0 saturated carbocycles. The summed E-state index contributed by atoms with van der Waals surface area (Å²) in [4.78, 5) is 16.6. The van der Waals surface area contributed by atoms with Crippen LogP contribution in [0.5, 0.6) is 0 Å². The normalized spacial score (nSPS) is 21.7. The topological polar surface area (TPSA) is 47.6 Å². The number of alkyl halides is 2. The fraction of sp³-hybridized carbons (Fsp3) is 0.611. The van der Waals surface area contributed by atoms with Gasteiger partial charge < -0.3 is 5.32 Å². The number of rotatable bonds is 6. The maximum Gasteiger partial charge on any atom is 0.262 e. The first-order valence-electron chi connectivity index (χ1n) is 8.89. The molecular weight excluding hydrogens is 433 g/mol. The van der Waals surface area contributed by atoms with Crippen molar-refractivity contribution in [3.8, 4) is 0 Å². The first-order chi connectivity index (χ1) is 12.0. The summed E-state index contributed by atoms with van der Waals surface area (Å²) in [5.41, 5.74) is 1.32. The highest BCUT2D eigenvalue weighted by molar-refractivity contribution is 5.86. The van der Waals surface area contributed by atoms with Gasteiger partial charge in [-0.2, -0.15) is 0 Å². The van der Waals surface area contributed by atoms with Crippen LogP contribution in [0, 0.1) is 0 Å². The SMILES string of the molecule is Cl.Cl.Cl.O=C(NCCN1CCN(Cc2ccccc2)CC1)C1CC(F)(F)CN1. The van der Waals surface area contributed by atoms with Crippen LogP contribution in [0.15, 0.2) is 30.3 Å². The summed E-state index contributed by atoms with van der Waals surface area (Å²) < 4.78 is 26.2. The maximum absolute atomic E-state index is 13.1. The molecule has 1 aromatic carbocycles. The third-order valence-electron chi connectivity index (χ3n) is 4.87. The van der Waals surface area contributed by atoms with Gasteiger partial charge in [-0.15, -0.1) is 37.2 Å². The highest BCUT2D eigenvalue weighted by Gasteiger charge is 2.42. The standard InChI is InChI=1S/C18H26F2N4O.3ClH/c19-18(20)12-16(22-14-18)17(25)21-6-7-23-8-10-24(11-9-23)13-15-4-2-1-3-5-15;;;/h1-5,16,22H,6-14H2,(H,21,25);3*1H. The summed E-state index contributed by atoms with van der Waals surface area (Å²) in [5.74, 6) is -3.09. The molecule has 1 aromatic rings. The predicted octanol–water partition coefficient (Wildman–Crippen LogP) is 2.18. The van der Waals surface area contributed by atoms with E-state index in [4.69, 9.17) is 0 Å². The molecule has 2 fully saturated rings. The Morgan fingerprint density at radius 2 is 1.68 bits per heavy atom. The van der Waals surface area contributed by atoms with Crippen LogP contribution in [0.3, 0.4) is 0 Å². The summed E-state index contributed by atoms with van der Waals surface area (Å²) in [5, 5.41) is 5.35. The second kappa shape index (κ2) is 12.8. The Morgan fingerprint density at radius 1 is 1.07 bits per heavy atom. The molecule has 5 nitrogen and oxygen atoms in total. The van der Waals surface area contributed by atoms with Crippen LogP contribution < -0.4 is 10.6 Å². The monoisotopic (exact) mass is 460 g/mol. The van der Waals surface area contributed by atoms with Gasteiger partial charge in [0.1, 0.15) is 0 Å². The highest BCUT2D eigenvalue weighted by atomic mass is 35.5. The molecule has 0 aromatic heterocycles. The molecule has 2 saturated heterocycles. The van der Waals surface area contributed by atoms with Crippen LogP contribution in [-0.2, 0) is 11.3 Å². The number of carbonyl (C=O) groups is 1. The summed E-state index contributed by atoms with van der Waals surface area (Å²) in [7, 11) is 0. The van der Waals surface area contributed by atoms with Gasteiger partial charge in [0.15, 0.2) is 0 Å². The first kappa shape index (κ1) is 27.3. The third kappa shape index (κ3) is 8.35. The van der Waals surface area contributed by atoms with Crippen molar-refractivity contribution < 1.29 is 13.6 Å². The minimum Gasteiger partial charge on any atom is -0.353 e. The molecule has 1 unspecified atom stereocenters. The van der Waals surface area contributed by atoms with Crippen LogP contribution in [0.25, 0.3) is 0 Å². The van der Waals surface area contributed by atoms with E-state index in [1.807, 2.05) is 6.07 Å². The quantitative estimate of drug-likeness (QED) is 0.682. The molecule has 10 heteroatoms. The van der Waals surface area contributed by atoms with E-state index in [9.17, 15) is 13.6 Å². The lowest BCUT2D eigenvalue weighted by Gasteiger charge is -2.34. The Hall–Kier alpha value is -0.700. The van der Waals surface area contributed by atoms with Crippen molar-refractivity contribution >= 4 is 43.1 Å². The van der Waals surface area contributed by atoms with Crippen LogP contribution in [-0.4, -0.2) is 73.5 Å². The zero-order valence-electron chi connectivity index (χ0n) is 15.6. The van der Waals surface area contributed by atoms with Crippen LogP contribution in [0.1, 0.15) is 12.0 Å². The lowest BCUT2D eigenvalue weighted by molar-refractivity contribution is -0.123. The van der Waals surface area contributed by atoms with E-state index in [2.05, 4.69) is 44.7 Å². The number of amides is 1. The minimum atomic E-state index is -2.77. The Balaban J connectivity index is 0.00000243. The van der Waals surface area contributed by atoms with Gasteiger partial charge in [-0.05, 0) is 5.56 Å². The van der Waals surface area contributed by atoms with E-state index >= 15 is 0 Å². The van der Waals surface area contributed by atoms with Crippen molar-refractivity contribution in [3.63, 3.8) is 0 Å². The van der Waals surface area contributed by atoms with Crippen molar-refractivity contribution in [3.05, 3.63) is 35.9 Å². The molecule has 3 rings (SSSR count). The van der Waals surface area contributed by atoms with Crippen molar-refractivity contribution in [1.29, 1.82) is 0 Å². The van der Waals surface area contributed by atoms with Gasteiger partial charge in [0.2, 0.25) is 5.91 Å². The predicted molar refractivity (Wildman–Crippen MR) is 114 cm³/mol. The van der Waals surface area contributed by atoms with E-state index in [1.165, 1.54) is 5.56 Å². The number of halogens is 5. The number of hydrogen-bond acceptors (Lipinski definition) is 4. The molecule has 2 heterocycles. The molecule has 0 radical (unpaired) electrons. The van der Waals surface area contributed by atoms with E-state index < -0.39 is 24.9 Å². The largest absolute Gasteiger partial charge is 0.353 e. The molecule has 162 valence electrons. The van der Waals surface area contributed by atoms with Crippen LogP contribution >= 0.6 is 37.2 Å². The van der Waals surface area contributed by atoms with E-state index in [0.717, 1.165) is 39.3 Å². The van der Waals surface area contributed by atoms with Crippen molar-refractivity contribution in [1.82, 2.24) is 20.4 Å². The summed E-state index contributed by atoms with van der Waals surface area (Å²) in [6.45, 7) is 5.74. The molecule has 0 aliphatic carbocycles. The number of nitrogens with one attached hydrogen (secondary N) is 2. The van der Waals surface area contributed by atoms with Gasteiger partial charge in [-0.1, -0.05) is 30.3 Å². The zero-order valence-corrected chi connectivity index (χ0v) is 18.1. The molecule has 1 atom stereocenters. The van der Waals surface area contributed by atoms with Crippen LogP contribution in [0.4, 0.5) is 8.78 Å². The summed E-state index contributed by atoms with van der Waals surface area (Å²) in [6.07, 6.45) is -0.406. The maximum atomic E-state index is 13.1. The molecule has 1 amide bonds. The van der Waals surface area contributed by atoms with Crippen LogP contribution in [0.2, 0.25) is 0 Å². The zero-order chi connectivity index (χ0) is 17.7. The van der Waals surface area contributed by atoms with Crippen molar-refractivity contribution in [2.75, 3.05) is 45.8 Å². The Labute approximate surface area is 183 Å². The van der Waals surface area contributed by atoms with E-state index in [0.29, 0.717) is 6.54 Å². The lowest BCUT2D eigenvalue weighted by atomic mass is 10.2. The Bertz CT molecular complexity index is 575. The summed E-state index contributed by atoms with van der Waals surface area (Å²) >= 11 is 0. The smallest absolute Gasteiger partial charge is 0.262 e. The third-order valence-corrected chi connectivity index (χ3v) is 4.87. The Kier molecular flexibility index (Phi) is 12.5. The van der Waals surface area contributed by atoms with Gasteiger partial charge in [0.05, 0.1) is 12.6 Å². The Morgan fingerprint density at radius 3 is 2.25 bits per heavy atom. The van der Waals surface area contributed by atoms with Gasteiger partial charge in [-0.25, -0.2) is 8.78 Å². The minimum absolute atomic E-state index is 0. The molecular formula is C18H29Cl3F2N4O. The number of carbonyl (C=O) groups excluding carboxylic acids is 1. The number of hydrogen-bond donors (Lipinski definition) is 2. The number of benzene rings is 1. The molecule has 0 spiro atoms. The first-order valence-corrected chi connectivity index (χ1v) is 8.89. The second-order valence-corrected chi connectivity index (χ2v) is 6.89. The molecule has 2 aliphatic heterocycles. The van der Waals surface area contributed by atoms with E-state index in [1.54, 1.807) is 0 Å². The van der Waals surface area contributed by atoms with Crippen molar-refractivity contribution in [2.45, 2.75) is 24.9 Å². The molecule has 28 heavy (non-hydrogen) atoms. The average molecular weight is 462 g/mol. The highest BCUT2D eigenvalue weighted by Crippen LogP contribution is 2.24. The summed E-state index contributed by atoms with van der Waals surface area (Å²) in [6, 6.07) is 9.66. The van der Waals surface area contributed by atoms with E-state index in [-0.39, 0.29) is 43.1 Å². The molecule has 2 N–H and O–H groups in total.